The van der Waals surface area contributed by atoms with Crippen LogP contribution in [0.4, 0.5) is 5.82 Å². The van der Waals surface area contributed by atoms with Gasteiger partial charge in [0.15, 0.2) is 24.3 Å². The Balaban J connectivity index is 1.86. The molecule has 4 atom stereocenters. The van der Waals surface area contributed by atoms with Gasteiger partial charge in [0.25, 0.3) is 0 Å². The van der Waals surface area contributed by atoms with E-state index in [1.54, 1.807) is 13.8 Å². The smallest absolute Gasteiger partial charge is 0.384 e. The van der Waals surface area contributed by atoms with Gasteiger partial charge in [-0.25, -0.2) is 29.5 Å². The van der Waals surface area contributed by atoms with Crippen LogP contribution in [0.1, 0.15) is 27.0 Å². The van der Waals surface area contributed by atoms with Crippen molar-refractivity contribution in [2.45, 2.75) is 45.3 Å². The Hall–Kier alpha value is -4.18. The Kier molecular flexibility index (Phi) is 7.64. The molecule has 0 bridgehead atoms. The predicted molar refractivity (Wildman–Crippen MR) is 110 cm³/mol. The van der Waals surface area contributed by atoms with Gasteiger partial charge in [-0.1, -0.05) is 19.8 Å². The summed E-state index contributed by atoms with van der Waals surface area (Å²) in [7, 11) is 0. The molecule has 1 fully saturated rings. The number of nitrogens with zero attached hydrogens (tertiary/aromatic N) is 2. The lowest BCUT2D eigenvalue weighted by atomic mass is 10.1. The number of fused-ring (bicyclic) bond motifs is 1. The number of anilines is 1. The maximum atomic E-state index is 12.7. The van der Waals surface area contributed by atoms with Crippen molar-refractivity contribution >= 4 is 29.7 Å². The third-order valence-electron chi connectivity index (χ3n) is 4.58. The maximum Gasteiger partial charge on any atom is 0.384 e. The molecular weight excluding hydrogens is 454 g/mol. The molecule has 1 N–H and O–H groups in total. The quantitative estimate of drug-likeness (QED) is 0.187. The fourth-order valence-electron chi connectivity index (χ4n) is 3.00. The van der Waals surface area contributed by atoms with E-state index in [0.29, 0.717) is 0 Å². The summed E-state index contributed by atoms with van der Waals surface area (Å²) < 4.78 is 22.4. The zero-order valence-corrected chi connectivity index (χ0v) is 18.4. The number of hydrogen-bond acceptors (Lipinski definition) is 12. The van der Waals surface area contributed by atoms with Gasteiger partial charge >= 0.3 is 29.6 Å². The van der Waals surface area contributed by atoms with Crippen molar-refractivity contribution in [2.24, 2.45) is 5.92 Å². The summed E-state index contributed by atoms with van der Waals surface area (Å²) in [6, 6.07) is 1.31. The van der Waals surface area contributed by atoms with Gasteiger partial charge in [-0.05, 0) is 6.92 Å². The van der Waals surface area contributed by atoms with E-state index >= 15 is 0 Å². The van der Waals surface area contributed by atoms with Crippen LogP contribution in [0.5, 0.6) is 0 Å². The monoisotopic (exact) mass is 475 g/mol. The minimum absolute atomic E-state index is 0.0579. The van der Waals surface area contributed by atoms with Crippen LogP contribution in [0.15, 0.2) is 29.2 Å². The highest BCUT2D eigenvalue weighted by Gasteiger charge is 2.51. The third kappa shape index (κ3) is 5.78. The maximum absolute atomic E-state index is 12.7. The van der Waals surface area contributed by atoms with E-state index in [9.17, 15) is 24.0 Å². The van der Waals surface area contributed by atoms with Gasteiger partial charge in [0.2, 0.25) is 0 Å². The number of esters is 3. The molecule has 13 nitrogen and oxygen atoms in total. The van der Waals surface area contributed by atoms with Crippen molar-refractivity contribution in [2.75, 3.05) is 12.1 Å². The molecule has 180 valence electrons. The largest absolute Gasteiger partial charge is 0.453 e. The van der Waals surface area contributed by atoms with Crippen molar-refractivity contribution in [3.63, 3.8) is 0 Å². The van der Waals surface area contributed by atoms with Crippen LogP contribution in [-0.2, 0) is 43.0 Å². The van der Waals surface area contributed by atoms with Crippen molar-refractivity contribution in [1.29, 1.82) is 0 Å². The molecule has 1 saturated heterocycles. The molecule has 0 saturated carbocycles. The number of nitrogens with one attached hydrogen (secondary N) is 1. The average molecular weight is 475 g/mol. The minimum Gasteiger partial charge on any atom is -0.453 e. The zero-order valence-electron chi connectivity index (χ0n) is 18.4. The number of rotatable bonds is 6. The first-order valence-corrected chi connectivity index (χ1v) is 10.1. The summed E-state index contributed by atoms with van der Waals surface area (Å²) in [5.41, 5.74) is 1.42. The summed E-state index contributed by atoms with van der Waals surface area (Å²) in [4.78, 5) is 68.5. The van der Waals surface area contributed by atoms with Crippen LogP contribution in [0.25, 0.3) is 0 Å². The molecule has 34 heavy (non-hydrogen) atoms. The molecule has 0 aliphatic carbocycles. The van der Waals surface area contributed by atoms with Gasteiger partial charge in [0.1, 0.15) is 12.7 Å². The Labute approximate surface area is 192 Å². The van der Waals surface area contributed by atoms with Gasteiger partial charge in [-0.2, -0.15) is 4.98 Å². The lowest BCUT2D eigenvalue weighted by Crippen LogP contribution is -2.43. The van der Waals surface area contributed by atoms with E-state index in [4.69, 9.17) is 23.8 Å². The molecular formula is C21H21N3O10. The van der Waals surface area contributed by atoms with Gasteiger partial charge in [-0.3, -0.25) is 4.57 Å². The Bertz CT molecular complexity index is 1130. The van der Waals surface area contributed by atoms with Crippen LogP contribution >= 0.6 is 0 Å². The lowest BCUT2D eigenvalue weighted by molar-refractivity contribution is -0.164. The highest BCUT2D eigenvalue weighted by atomic mass is 16.7. The molecule has 3 heterocycles. The van der Waals surface area contributed by atoms with Crippen LogP contribution in [-0.4, -0.2) is 58.3 Å². The summed E-state index contributed by atoms with van der Waals surface area (Å²) >= 11 is 0. The molecule has 0 spiro atoms. The molecule has 0 unspecified atom stereocenters. The first kappa shape index (κ1) is 24.5. The number of hydrogen-bond donors (Lipinski definition) is 1. The SMILES string of the molecule is CC#CC(=O)OC[C@H]1O[C@@H](n2ccc(NOC(=O)C(C)C)nc2=O)[C@@H]2OC(=O)/C=C\C(=O)O[C@@H]21. The third-order valence-corrected chi connectivity index (χ3v) is 4.58. The van der Waals surface area contributed by atoms with Gasteiger partial charge in [0.05, 0.1) is 5.92 Å². The van der Waals surface area contributed by atoms with Crippen LogP contribution in [0, 0.1) is 17.8 Å². The Morgan fingerprint density at radius 2 is 1.85 bits per heavy atom. The molecule has 2 aliphatic rings. The highest BCUT2D eigenvalue weighted by molar-refractivity contribution is 5.92. The Morgan fingerprint density at radius 1 is 1.18 bits per heavy atom. The first-order valence-electron chi connectivity index (χ1n) is 10.1. The van der Waals surface area contributed by atoms with Crippen LogP contribution in [0.2, 0.25) is 0 Å². The highest BCUT2D eigenvalue weighted by Crippen LogP contribution is 2.34. The second-order valence-corrected chi connectivity index (χ2v) is 7.36. The zero-order chi connectivity index (χ0) is 24.8. The molecule has 1 aromatic rings. The lowest BCUT2D eigenvalue weighted by Gasteiger charge is -2.25. The normalized spacial score (nSPS) is 24.4. The average Bonchev–Trinajstić information content (AvgIpc) is 3.09. The van der Waals surface area contributed by atoms with E-state index in [1.807, 2.05) is 0 Å². The molecule has 0 radical (unpaired) electrons. The van der Waals surface area contributed by atoms with Crippen molar-refractivity contribution in [3.05, 3.63) is 34.9 Å². The summed E-state index contributed by atoms with van der Waals surface area (Å²) in [6.07, 6.45) is -1.82. The molecule has 0 aromatic carbocycles. The van der Waals surface area contributed by atoms with Gasteiger partial charge in [-0.15, -0.1) is 0 Å². The van der Waals surface area contributed by atoms with Crippen LogP contribution in [0.3, 0.4) is 0 Å². The number of carbonyl (C=O) groups is 4. The first-order chi connectivity index (χ1) is 16.2. The predicted octanol–water partition coefficient (Wildman–Crippen LogP) is -0.373. The van der Waals surface area contributed by atoms with Crippen LogP contribution < -0.4 is 11.2 Å². The minimum atomic E-state index is -1.28. The van der Waals surface area contributed by atoms with Crippen molar-refractivity contribution in [1.82, 2.24) is 9.55 Å². The van der Waals surface area contributed by atoms with Gasteiger partial charge < -0.3 is 23.8 Å². The molecule has 0 amide bonds. The van der Waals surface area contributed by atoms with Gasteiger partial charge in [0, 0.05) is 30.3 Å². The fourth-order valence-corrected chi connectivity index (χ4v) is 3.00. The van der Waals surface area contributed by atoms with Crippen molar-refractivity contribution < 1.29 is 43.0 Å². The van der Waals surface area contributed by atoms with E-state index in [0.717, 1.165) is 16.7 Å². The van der Waals surface area contributed by atoms with E-state index in [1.165, 1.54) is 19.2 Å². The second kappa shape index (κ2) is 10.6. The van der Waals surface area contributed by atoms with Crippen molar-refractivity contribution in [3.8, 4) is 11.8 Å². The molecule has 3 rings (SSSR count). The molecule has 1 aromatic heterocycles. The van der Waals surface area contributed by atoms with E-state index in [2.05, 4.69) is 22.3 Å². The topological polar surface area (TPSA) is 161 Å². The van der Waals surface area contributed by atoms with E-state index in [-0.39, 0.29) is 5.82 Å². The Morgan fingerprint density at radius 3 is 2.47 bits per heavy atom. The summed E-state index contributed by atoms with van der Waals surface area (Å²) in [6.45, 7) is 4.31. The van der Waals surface area contributed by atoms with E-state index < -0.39 is 66.6 Å². The summed E-state index contributed by atoms with van der Waals surface area (Å²) in [5, 5.41) is 0. The second-order valence-electron chi connectivity index (χ2n) is 7.36. The fraction of sp³-hybridized carbons (Fsp3) is 0.429. The standard InChI is InChI=1S/C21H21N3O10/c1-4-5-14(25)30-10-12-17-18(33-16(27)7-6-15(26)32-17)19(31-12)24-9-8-13(22-21(24)29)23-34-20(28)11(2)3/h6-9,11-12,17-19H,10H2,1-3H3,(H,22,23,29)/b7-6-/t12-,17-,18-,19-/m1/s1. The summed E-state index contributed by atoms with van der Waals surface area (Å²) in [5.74, 6) is 0.984. The number of aromatic nitrogens is 2. The molecule has 13 heteroatoms. The number of carbonyl (C=O) groups excluding carboxylic acids is 4. The number of ether oxygens (including phenoxy) is 4. The molecule has 2 aliphatic heterocycles.